The quantitative estimate of drug-likeness (QED) is 0.636. The molecule has 0 saturated carbocycles. The fourth-order valence-electron chi connectivity index (χ4n) is 1.49. The van der Waals surface area contributed by atoms with Crippen LogP contribution in [-0.4, -0.2) is 40.6 Å². The van der Waals surface area contributed by atoms with Gasteiger partial charge in [0.2, 0.25) is 5.91 Å². The molecule has 1 aliphatic rings. The van der Waals surface area contributed by atoms with E-state index in [4.69, 9.17) is 10.8 Å². The molecule has 3 N–H and O–H groups in total. The Bertz CT molecular complexity index is 196. The Morgan fingerprint density at radius 1 is 1.54 bits per heavy atom. The molecule has 0 bridgehead atoms. The third-order valence-corrected chi connectivity index (χ3v) is 2.84. The second-order valence-electron chi connectivity index (χ2n) is 3.73. The molecular weight excluding hydrogens is 168 g/mol. The molecule has 0 radical (unpaired) electrons. The minimum Gasteiger partial charge on any atom is -0.389 e. The maximum Gasteiger partial charge on any atom is 0.242 e. The zero-order chi connectivity index (χ0) is 10.1. The van der Waals surface area contributed by atoms with Crippen LogP contribution in [0.3, 0.4) is 0 Å². The number of aliphatic hydroxyl groups is 1. The predicted octanol–water partition coefficient (Wildman–Crippen LogP) is -0.293. The van der Waals surface area contributed by atoms with E-state index < -0.39 is 5.54 Å². The lowest BCUT2D eigenvalue weighted by atomic mass is 9.91. The fraction of sp³-hybridized carbons (Fsp3) is 0.889. The van der Waals surface area contributed by atoms with Crippen LogP contribution in [0.15, 0.2) is 0 Å². The van der Waals surface area contributed by atoms with Crippen LogP contribution in [0, 0.1) is 0 Å². The van der Waals surface area contributed by atoms with Crippen LogP contribution >= 0.6 is 0 Å². The number of nitrogens with two attached hydrogens (primary N) is 1. The number of aliphatic hydroxyl groups excluding tert-OH is 1. The van der Waals surface area contributed by atoms with Crippen molar-refractivity contribution in [3.05, 3.63) is 0 Å². The molecule has 76 valence electrons. The van der Waals surface area contributed by atoms with Crippen molar-refractivity contribution in [3.8, 4) is 0 Å². The summed E-state index contributed by atoms with van der Waals surface area (Å²) in [7, 11) is 0. The Morgan fingerprint density at radius 3 is 2.31 bits per heavy atom. The van der Waals surface area contributed by atoms with Crippen molar-refractivity contribution < 1.29 is 9.90 Å². The van der Waals surface area contributed by atoms with E-state index in [0.29, 0.717) is 25.9 Å². The van der Waals surface area contributed by atoms with E-state index >= 15 is 0 Å². The molecule has 1 rings (SSSR count). The zero-order valence-electron chi connectivity index (χ0n) is 8.29. The largest absolute Gasteiger partial charge is 0.389 e. The monoisotopic (exact) mass is 186 g/mol. The normalized spacial score (nSPS) is 18.6. The van der Waals surface area contributed by atoms with Crippen LogP contribution in [0.5, 0.6) is 0 Å². The maximum absolute atomic E-state index is 11.7. The first-order chi connectivity index (χ1) is 6.03. The highest BCUT2D eigenvalue weighted by Gasteiger charge is 2.39. The number of carbonyl (C=O) groups is 1. The number of β-amino-alcohol motifs (C(OH)–C–C–N with tert-alkyl or cyclic N) is 1. The Morgan fingerprint density at radius 2 is 2.00 bits per heavy atom. The van der Waals surface area contributed by atoms with Crippen LogP contribution in [0.25, 0.3) is 0 Å². The minimum atomic E-state index is -0.722. The van der Waals surface area contributed by atoms with Crippen molar-refractivity contribution in [3.63, 3.8) is 0 Å². The second-order valence-corrected chi connectivity index (χ2v) is 3.73. The van der Waals surface area contributed by atoms with Crippen molar-refractivity contribution in [2.45, 2.75) is 38.3 Å². The lowest BCUT2D eigenvalue weighted by Crippen LogP contribution is -2.62. The molecule has 0 spiro atoms. The van der Waals surface area contributed by atoms with E-state index in [2.05, 4.69) is 0 Å². The van der Waals surface area contributed by atoms with Gasteiger partial charge in [0.15, 0.2) is 0 Å². The molecule has 1 amide bonds. The first-order valence-electron chi connectivity index (χ1n) is 4.79. The van der Waals surface area contributed by atoms with Gasteiger partial charge < -0.3 is 15.7 Å². The van der Waals surface area contributed by atoms with E-state index in [9.17, 15) is 4.79 Å². The molecule has 1 aliphatic heterocycles. The van der Waals surface area contributed by atoms with Gasteiger partial charge in [-0.15, -0.1) is 0 Å². The first kappa shape index (κ1) is 10.5. The van der Waals surface area contributed by atoms with Gasteiger partial charge in [-0.2, -0.15) is 0 Å². The van der Waals surface area contributed by atoms with Crippen molar-refractivity contribution >= 4 is 5.91 Å². The van der Waals surface area contributed by atoms with Crippen molar-refractivity contribution in [1.82, 2.24) is 4.90 Å². The van der Waals surface area contributed by atoms with Crippen molar-refractivity contribution in [1.29, 1.82) is 0 Å². The highest BCUT2D eigenvalue weighted by molar-refractivity contribution is 5.86. The molecule has 0 aromatic rings. The number of likely N-dealkylation sites (tertiary alicyclic amines) is 1. The number of nitrogens with zero attached hydrogens (tertiary/aromatic N) is 1. The molecule has 0 unspecified atom stereocenters. The number of carbonyl (C=O) groups excluding carboxylic acids is 1. The number of hydrogen-bond acceptors (Lipinski definition) is 3. The van der Waals surface area contributed by atoms with E-state index in [0.717, 1.165) is 0 Å². The summed E-state index contributed by atoms with van der Waals surface area (Å²) in [6.45, 7) is 4.71. The molecule has 0 aromatic heterocycles. The van der Waals surface area contributed by atoms with Gasteiger partial charge in [0.05, 0.1) is 11.6 Å². The van der Waals surface area contributed by atoms with Crippen LogP contribution in [0.1, 0.15) is 26.7 Å². The summed E-state index contributed by atoms with van der Waals surface area (Å²) in [5.74, 6) is -0.0252. The Kier molecular flexibility index (Phi) is 2.93. The maximum atomic E-state index is 11.7. The number of hydrogen-bond donors (Lipinski definition) is 2. The van der Waals surface area contributed by atoms with Crippen molar-refractivity contribution in [2.75, 3.05) is 13.1 Å². The van der Waals surface area contributed by atoms with Gasteiger partial charge in [-0.05, 0) is 12.8 Å². The fourth-order valence-corrected chi connectivity index (χ4v) is 1.49. The standard InChI is InChI=1S/C9H18N2O2/c1-3-9(10,4-2)8(13)11-5-7(12)6-11/h7,12H,3-6,10H2,1-2H3. The summed E-state index contributed by atoms with van der Waals surface area (Å²) < 4.78 is 0. The van der Waals surface area contributed by atoms with E-state index in [1.807, 2.05) is 13.8 Å². The average molecular weight is 186 g/mol. The summed E-state index contributed by atoms with van der Waals surface area (Å²) >= 11 is 0. The molecule has 0 aromatic carbocycles. The molecule has 1 saturated heterocycles. The molecule has 0 aliphatic carbocycles. The summed E-state index contributed by atoms with van der Waals surface area (Å²) in [4.78, 5) is 13.4. The van der Waals surface area contributed by atoms with Crippen LogP contribution in [0.4, 0.5) is 0 Å². The molecule has 1 heterocycles. The van der Waals surface area contributed by atoms with Gasteiger partial charge in [0.1, 0.15) is 0 Å². The molecule has 4 heteroatoms. The minimum absolute atomic E-state index is 0.0252. The lowest BCUT2D eigenvalue weighted by Gasteiger charge is -2.41. The Balaban J connectivity index is 2.55. The highest BCUT2D eigenvalue weighted by atomic mass is 16.3. The molecule has 1 fully saturated rings. The smallest absolute Gasteiger partial charge is 0.242 e. The zero-order valence-corrected chi connectivity index (χ0v) is 8.29. The van der Waals surface area contributed by atoms with Gasteiger partial charge >= 0.3 is 0 Å². The van der Waals surface area contributed by atoms with Gasteiger partial charge in [-0.25, -0.2) is 0 Å². The summed E-state index contributed by atoms with van der Waals surface area (Å²) in [5, 5.41) is 9.04. The average Bonchev–Trinajstić information content (AvgIpc) is 2.10. The predicted molar refractivity (Wildman–Crippen MR) is 50.1 cm³/mol. The van der Waals surface area contributed by atoms with Gasteiger partial charge in [-0.1, -0.05) is 13.8 Å². The second kappa shape index (κ2) is 3.64. The molecule has 0 atom stereocenters. The molecular formula is C9H18N2O2. The Labute approximate surface area is 78.7 Å². The van der Waals surface area contributed by atoms with E-state index in [1.165, 1.54) is 0 Å². The summed E-state index contributed by atoms with van der Waals surface area (Å²) in [6.07, 6.45) is 0.950. The third kappa shape index (κ3) is 1.84. The van der Waals surface area contributed by atoms with Gasteiger partial charge in [0.25, 0.3) is 0 Å². The van der Waals surface area contributed by atoms with Crippen LogP contribution in [-0.2, 0) is 4.79 Å². The van der Waals surface area contributed by atoms with Crippen LogP contribution < -0.4 is 5.73 Å². The number of amides is 1. The third-order valence-electron chi connectivity index (χ3n) is 2.84. The number of rotatable bonds is 3. The van der Waals surface area contributed by atoms with Crippen molar-refractivity contribution in [2.24, 2.45) is 5.73 Å². The summed E-state index contributed by atoms with van der Waals surface area (Å²) in [5.41, 5.74) is 5.20. The Hall–Kier alpha value is -0.610. The van der Waals surface area contributed by atoms with E-state index in [1.54, 1.807) is 4.90 Å². The van der Waals surface area contributed by atoms with E-state index in [-0.39, 0.29) is 12.0 Å². The molecule has 13 heavy (non-hydrogen) atoms. The molecule has 4 nitrogen and oxygen atoms in total. The SMILES string of the molecule is CCC(N)(CC)C(=O)N1CC(O)C1. The highest BCUT2D eigenvalue weighted by Crippen LogP contribution is 2.19. The summed E-state index contributed by atoms with van der Waals surface area (Å²) in [6, 6.07) is 0. The lowest BCUT2D eigenvalue weighted by molar-refractivity contribution is -0.147. The van der Waals surface area contributed by atoms with Gasteiger partial charge in [-0.3, -0.25) is 4.79 Å². The van der Waals surface area contributed by atoms with Crippen LogP contribution in [0.2, 0.25) is 0 Å². The first-order valence-corrected chi connectivity index (χ1v) is 4.79. The topological polar surface area (TPSA) is 66.6 Å². The van der Waals surface area contributed by atoms with Gasteiger partial charge in [0, 0.05) is 13.1 Å².